The summed E-state index contributed by atoms with van der Waals surface area (Å²) >= 11 is 5.08. The van der Waals surface area contributed by atoms with Crippen molar-refractivity contribution < 1.29 is 8.42 Å². The first-order valence-electron chi connectivity index (χ1n) is 6.56. The molecule has 0 spiro atoms. The lowest BCUT2D eigenvalue weighted by Gasteiger charge is -2.25. The Morgan fingerprint density at radius 1 is 1.14 bits per heavy atom. The van der Waals surface area contributed by atoms with Crippen molar-refractivity contribution in [2.75, 3.05) is 5.75 Å². The molecule has 0 bridgehead atoms. The molecule has 2 aromatic rings. The van der Waals surface area contributed by atoms with E-state index in [1.165, 1.54) is 0 Å². The van der Waals surface area contributed by atoms with E-state index < -0.39 is 10.0 Å². The van der Waals surface area contributed by atoms with E-state index in [0.717, 1.165) is 27.1 Å². The van der Waals surface area contributed by atoms with Crippen LogP contribution in [0.3, 0.4) is 0 Å². The lowest BCUT2D eigenvalue weighted by atomic mass is 10.1. The zero-order valence-electron chi connectivity index (χ0n) is 11.1. The molecule has 1 N–H and O–H groups in total. The maximum absolute atomic E-state index is 12.5. The van der Waals surface area contributed by atoms with E-state index in [4.69, 9.17) is 0 Å². The van der Waals surface area contributed by atoms with Gasteiger partial charge in [-0.2, -0.15) is 0 Å². The van der Waals surface area contributed by atoms with Crippen LogP contribution in [-0.2, 0) is 10.0 Å². The minimum atomic E-state index is -3.51. The summed E-state index contributed by atoms with van der Waals surface area (Å²) in [6.45, 7) is 0. The van der Waals surface area contributed by atoms with Crippen molar-refractivity contribution in [1.29, 1.82) is 0 Å². The third-order valence-corrected chi connectivity index (χ3v) is 6.45. The molecule has 0 radical (unpaired) electrons. The zero-order valence-corrected chi connectivity index (χ0v) is 14.3. The maximum atomic E-state index is 12.5. The Labute approximate surface area is 137 Å². The molecule has 3 rings (SSSR count). The molecule has 1 heterocycles. The van der Waals surface area contributed by atoms with Gasteiger partial charge in [0.1, 0.15) is 0 Å². The second-order valence-electron chi connectivity index (χ2n) is 4.81. The predicted octanol–water partition coefficient (Wildman–Crippen LogP) is 3.96. The fraction of sp³-hybridized carbons (Fsp3) is 0.200. The molecule has 6 heteroatoms. The van der Waals surface area contributed by atoms with Crippen LogP contribution in [0.5, 0.6) is 0 Å². The van der Waals surface area contributed by atoms with E-state index in [-0.39, 0.29) is 10.9 Å². The van der Waals surface area contributed by atoms with Crippen molar-refractivity contribution in [3.05, 3.63) is 58.6 Å². The van der Waals surface area contributed by atoms with E-state index in [1.807, 2.05) is 30.3 Å². The summed E-state index contributed by atoms with van der Waals surface area (Å²) in [6.07, 6.45) is 0.801. The Bertz CT molecular complexity index is 762. The Morgan fingerprint density at radius 3 is 2.76 bits per heavy atom. The molecule has 1 aliphatic rings. The highest BCUT2D eigenvalue weighted by atomic mass is 79.9. The topological polar surface area (TPSA) is 46.2 Å². The highest BCUT2D eigenvalue weighted by Gasteiger charge is 2.25. The quantitative estimate of drug-likeness (QED) is 0.871. The fourth-order valence-corrected chi connectivity index (χ4v) is 5.33. The monoisotopic (exact) mass is 383 g/mol. The van der Waals surface area contributed by atoms with Crippen LogP contribution in [0.4, 0.5) is 0 Å². The Balaban J connectivity index is 1.90. The molecule has 0 fully saturated rings. The number of rotatable bonds is 3. The van der Waals surface area contributed by atoms with E-state index >= 15 is 0 Å². The van der Waals surface area contributed by atoms with Crippen molar-refractivity contribution in [2.24, 2.45) is 0 Å². The van der Waals surface area contributed by atoms with Crippen molar-refractivity contribution in [3.63, 3.8) is 0 Å². The third-order valence-electron chi connectivity index (χ3n) is 3.36. The van der Waals surface area contributed by atoms with Crippen LogP contribution in [0.1, 0.15) is 18.0 Å². The number of hydrogen-bond donors (Lipinski definition) is 1. The SMILES string of the molecule is O=S(=O)(N[C@@H]1CCSc2ccccc21)c1cccc(Br)c1. The van der Waals surface area contributed by atoms with Gasteiger partial charge in [0.2, 0.25) is 10.0 Å². The molecule has 0 amide bonds. The minimum absolute atomic E-state index is 0.161. The van der Waals surface area contributed by atoms with Crippen LogP contribution in [0.2, 0.25) is 0 Å². The lowest BCUT2D eigenvalue weighted by Crippen LogP contribution is -2.30. The Morgan fingerprint density at radius 2 is 1.95 bits per heavy atom. The van der Waals surface area contributed by atoms with Gasteiger partial charge < -0.3 is 0 Å². The van der Waals surface area contributed by atoms with Crippen LogP contribution in [0.15, 0.2) is 62.8 Å². The lowest BCUT2D eigenvalue weighted by molar-refractivity contribution is 0.546. The van der Waals surface area contributed by atoms with E-state index in [0.29, 0.717) is 0 Å². The van der Waals surface area contributed by atoms with E-state index in [9.17, 15) is 8.42 Å². The summed E-state index contributed by atoms with van der Waals surface area (Å²) < 4.78 is 28.6. The molecule has 0 saturated carbocycles. The predicted molar refractivity (Wildman–Crippen MR) is 89.0 cm³/mol. The molecule has 0 aromatic heterocycles. The van der Waals surface area contributed by atoms with Gasteiger partial charge in [-0.05, 0) is 42.0 Å². The summed E-state index contributed by atoms with van der Waals surface area (Å²) in [4.78, 5) is 1.44. The van der Waals surface area contributed by atoms with Gasteiger partial charge in [0, 0.05) is 15.4 Å². The molecule has 2 aromatic carbocycles. The van der Waals surface area contributed by atoms with Crippen molar-refractivity contribution >= 4 is 37.7 Å². The first-order valence-corrected chi connectivity index (χ1v) is 9.82. The second-order valence-corrected chi connectivity index (χ2v) is 8.57. The average molecular weight is 384 g/mol. The molecule has 110 valence electrons. The molecular formula is C15H14BrNO2S2. The number of thioether (sulfide) groups is 1. The van der Waals surface area contributed by atoms with Crippen LogP contribution in [-0.4, -0.2) is 14.2 Å². The normalized spacial score (nSPS) is 18.2. The molecule has 1 aliphatic heterocycles. The molecule has 0 saturated heterocycles. The van der Waals surface area contributed by atoms with Gasteiger partial charge in [0.15, 0.2) is 0 Å². The summed E-state index contributed by atoms with van der Waals surface area (Å²) in [5.41, 5.74) is 1.06. The standard InChI is InChI=1S/C15H14BrNO2S2/c16-11-4-3-5-12(10-11)21(18,19)17-14-8-9-20-15-7-2-1-6-13(14)15/h1-7,10,14,17H,8-9H2/t14-/m1/s1. The minimum Gasteiger partial charge on any atom is -0.207 e. The van der Waals surface area contributed by atoms with Gasteiger partial charge in [-0.3, -0.25) is 0 Å². The van der Waals surface area contributed by atoms with Gasteiger partial charge in [0.25, 0.3) is 0 Å². The fourth-order valence-electron chi connectivity index (χ4n) is 2.35. The smallest absolute Gasteiger partial charge is 0.207 e. The first kappa shape index (κ1) is 15.1. The third kappa shape index (κ3) is 3.34. The van der Waals surface area contributed by atoms with Crippen LogP contribution >= 0.6 is 27.7 Å². The average Bonchev–Trinajstić information content (AvgIpc) is 2.47. The molecule has 0 unspecified atom stereocenters. The summed E-state index contributed by atoms with van der Waals surface area (Å²) in [7, 11) is -3.51. The van der Waals surface area contributed by atoms with Gasteiger partial charge >= 0.3 is 0 Å². The number of benzene rings is 2. The zero-order chi connectivity index (χ0) is 14.9. The number of fused-ring (bicyclic) bond motifs is 1. The number of halogens is 1. The molecule has 0 aliphatic carbocycles. The number of nitrogens with one attached hydrogen (secondary N) is 1. The highest BCUT2D eigenvalue weighted by Crippen LogP contribution is 2.36. The van der Waals surface area contributed by atoms with Crippen LogP contribution < -0.4 is 4.72 Å². The van der Waals surface area contributed by atoms with Crippen LogP contribution in [0.25, 0.3) is 0 Å². The van der Waals surface area contributed by atoms with Gasteiger partial charge in [0.05, 0.1) is 4.90 Å². The number of hydrogen-bond acceptors (Lipinski definition) is 3. The summed E-state index contributed by atoms with van der Waals surface area (Å²) in [6, 6.07) is 14.6. The van der Waals surface area contributed by atoms with E-state index in [2.05, 4.69) is 20.7 Å². The van der Waals surface area contributed by atoms with Gasteiger partial charge in [-0.1, -0.05) is 40.2 Å². The van der Waals surface area contributed by atoms with Gasteiger partial charge in [-0.15, -0.1) is 11.8 Å². The first-order chi connectivity index (χ1) is 10.1. The van der Waals surface area contributed by atoms with Gasteiger partial charge in [-0.25, -0.2) is 13.1 Å². The highest BCUT2D eigenvalue weighted by molar-refractivity contribution is 9.10. The summed E-state index contributed by atoms with van der Waals surface area (Å²) in [5, 5.41) is 0. The van der Waals surface area contributed by atoms with Crippen LogP contribution in [0, 0.1) is 0 Å². The van der Waals surface area contributed by atoms with Crippen molar-refractivity contribution in [2.45, 2.75) is 22.3 Å². The van der Waals surface area contributed by atoms with Crippen molar-refractivity contribution in [1.82, 2.24) is 4.72 Å². The molecular weight excluding hydrogens is 370 g/mol. The van der Waals surface area contributed by atoms with Crippen molar-refractivity contribution in [3.8, 4) is 0 Å². The maximum Gasteiger partial charge on any atom is 0.241 e. The molecule has 21 heavy (non-hydrogen) atoms. The summed E-state index contributed by atoms with van der Waals surface area (Å²) in [5.74, 6) is 0.919. The largest absolute Gasteiger partial charge is 0.241 e. The Kier molecular flexibility index (Phi) is 4.40. The molecule has 3 nitrogen and oxygen atoms in total. The second kappa shape index (κ2) is 6.12. The molecule has 1 atom stereocenters. The van der Waals surface area contributed by atoms with E-state index in [1.54, 1.807) is 30.0 Å². The Hall–Kier alpha value is -0.820. The number of sulfonamides is 1.